The van der Waals surface area contributed by atoms with Gasteiger partial charge in [-0.15, -0.1) is 0 Å². The number of rotatable bonds is 4. The van der Waals surface area contributed by atoms with Crippen molar-refractivity contribution in [2.45, 2.75) is 13.0 Å². The molecule has 1 amide bonds. The zero-order valence-electron chi connectivity index (χ0n) is 12.5. The fourth-order valence-electron chi connectivity index (χ4n) is 2.17. The Bertz CT molecular complexity index is 965. The SMILES string of the molecule is C[C@H](Oc1ccc(Cl)cc1Cl)C(=O)Nc1ccc2[nH]c(=O)[nH]c2c1. The molecule has 0 spiro atoms. The van der Waals surface area contributed by atoms with Crippen molar-refractivity contribution in [2.75, 3.05) is 5.32 Å². The fourth-order valence-corrected chi connectivity index (χ4v) is 2.62. The molecule has 3 N–H and O–H groups in total. The van der Waals surface area contributed by atoms with Crippen molar-refractivity contribution in [2.24, 2.45) is 0 Å². The van der Waals surface area contributed by atoms with E-state index in [9.17, 15) is 9.59 Å². The summed E-state index contributed by atoms with van der Waals surface area (Å²) in [5.41, 5.74) is 1.50. The summed E-state index contributed by atoms with van der Waals surface area (Å²) in [7, 11) is 0. The van der Waals surface area contributed by atoms with Crippen molar-refractivity contribution in [1.29, 1.82) is 0 Å². The Kier molecular flexibility index (Phi) is 4.51. The lowest BCUT2D eigenvalue weighted by molar-refractivity contribution is -0.122. The van der Waals surface area contributed by atoms with Gasteiger partial charge in [-0.2, -0.15) is 0 Å². The minimum absolute atomic E-state index is 0.303. The van der Waals surface area contributed by atoms with Gasteiger partial charge in [-0.1, -0.05) is 23.2 Å². The summed E-state index contributed by atoms with van der Waals surface area (Å²) < 4.78 is 5.56. The van der Waals surface area contributed by atoms with E-state index in [-0.39, 0.29) is 11.6 Å². The topological polar surface area (TPSA) is 87.0 Å². The fraction of sp³-hybridized carbons (Fsp3) is 0.125. The predicted molar refractivity (Wildman–Crippen MR) is 94.1 cm³/mol. The Morgan fingerprint density at radius 3 is 2.62 bits per heavy atom. The van der Waals surface area contributed by atoms with Crippen LogP contribution in [0.2, 0.25) is 10.0 Å². The maximum Gasteiger partial charge on any atom is 0.323 e. The number of carbonyl (C=O) groups is 1. The molecule has 0 radical (unpaired) electrons. The Balaban J connectivity index is 1.71. The number of amides is 1. The molecule has 3 rings (SSSR count). The van der Waals surface area contributed by atoms with E-state index in [1.54, 1.807) is 43.3 Å². The van der Waals surface area contributed by atoms with Gasteiger partial charge in [0.25, 0.3) is 5.91 Å². The number of halogens is 2. The highest BCUT2D eigenvalue weighted by molar-refractivity contribution is 6.35. The standard InChI is InChI=1S/C16H13Cl2N3O3/c1-8(24-14-5-2-9(17)6-11(14)18)15(22)19-10-3-4-12-13(7-10)21-16(23)20-12/h2-8H,1H3,(H,19,22)(H2,20,21,23)/t8-/m0/s1. The Morgan fingerprint density at radius 2 is 1.88 bits per heavy atom. The molecule has 6 nitrogen and oxygen atoms in total. The normalized spacial score (nSPS) is 12.1. The van der Waals surface area contributed by atoms with E-state index in [0.29, 0.717) is 32.5 Å². The molecule has 0 bridgehead atoms. The van der Waals surface area contributed by atoms with E-state index in [2.05, 4.69) is 15.3 Å². The maximum absolute atomic E-state index is 12.3. The van der Waals surface area contributed by atoms with Crippen LogP contribution in [0.1, 0.15) is 6.92 Å². The van der Waals surface area contributed by atoms with Gasteiger partial charge in [0.2, 0.25) is 0 Å². The van der Waals surface area contributed by atoms with Crippen molar-refractivity contribution in [3.8, 4) is 5.75 Å². The highest BCUT2D eigenvalue weighted by atomic mass is 35.5. The molecule has 0 aliphatic carbocycles. The van der Waals surface area contributed by atoms with Crippen LogP contribution in [0.25, 0.3) is 11.0 Å². The second-order valence-corrected chi connectivity index (χ2v) is 6.01. The zero-order valence-corrected chi connectivity index (χ0v) is 14.0. The first kappa shape index (κ1) is 16.4. The lowest BCUT2D eigenvalue weighted by Gasteiger charge is -2.15. The molecule has 24 heavy (non-hydrogen) atoms. The second kappa shape index (κ2) is 6.59. The lowest BCUT2D eigenvalue weighted by atomic mass is 10.2. The van der Waals surface area contributed by atoms with Gasteiger partial charge in [0.1, 0.15) is 5.75 Å². The molecule has 0 saturated heterocycles. The first-order chi connectivity index (χ1) is 11.4. The highest BCUT2D eigenvalue weighted by Crippen LogP contribution is 2.28. The number of fused-ring (bicyclic) bond motifs is 1. The van der Waals surface area contributed by atoms with Crippen molar-refractivity contribution < 1.29 is 9.53 Å². The Labute approximate surface area is 146 Å². The highest BCUT2D eigenvalue weighted by Gasteiger charge is 2.17. The van der Waals surface area contributed by atoms with Crippen LogP contribution < -0.4 is 15.7 Å². The molecule has 2 aromatic carbocycles. The number of carbonyl (C=O) groups excluding carboxylic acids is 1. The molecule has 3 aromatic rings. The van der Waals surface area contributed by atoms with Crippen LogP contribution in [-0.4, -0.2) is 22.0 Å². The molecule has 124 valence electrons. The summed E-state index contributed by atoms with van der Waals surface area (Å²) in [6.45, 7) is 1.61. The van der Waals surface area contributed by atoms with Gasteiger partial charge in [0, 0.05) is 10.7 Å². The third-order valence-electron chi connectivity index (χ3n) is 3.35. The van der Waals surface area contributed by atoms with Crippen LogP contribution in [0.4, 0.5) is 5.69 Å². The van der Waals surface area contributed by atoms with Gasteiger partial charge in [0.15, 0.2) is 6.10 Å². The minimum Gasteiger partial charge on any atom is -0.479 e. The molecule has 8 heteroatoms. The lowest BCUT2D eigenvalue weighted by Crippen LogP contribution is -2.30. The van der Waals surface area contributed by atoms with Gasteiger partial charge in [0.05, 0.1) is 16.1 Å². The summed E-state index contributed by atoms with van der Waals surface area (Å²) >= 11 is 11.9. The molecule has 1 aromatic heterocycles. The Hall–Kier alpha value is -2.44. The number of imidazole rings is 1. The molecule has 0 unspecified atom stereocenters. The van der Waals surface area contributed by atoms with Crippen LogP contribution in [0.5, 0.6) is 5.75 Å². The van der Waals surface area contributed by atoms with Crippen LogP contribution >= 0.6 is 23.2 Å². The number of hydrogen-bond acceptors (Lipinski definition) is 3. The largest absolute Gasteiger partial charge is 0.479 e. The van der Waals surface area contributed by atoms with E-state index >= 15 is 0 Å². The summed E-state index contributed by atoms with van der Waals surface area (Å²) in [6, 6.07) is 9.82. The van der Waals surface area contributed by atoms with E-state index in [1.165, 1.54) is 0 Å². The van der Waals surface area contributed by atoms with Crippen molar-refractivity contribution in [3.05, 3.63) is 56.9 Å². The number of aromatic nitrogens is 2. The smallest absolute Gasteiger partial charge is 0.323 e. The van der Waals surface area contributed by atoms with Crippen LogP contribution in [-0.2, 0) is 4.79 Å². The number of aromatic amines is 2. The Morgan fingerprint density at radius 1 is 1.12 bits per heavy atom. The quantitative estimate of drug-likeness (QED) is 0.660. The molecular weight excluding hydrogens is 353 g/mol. The summed E-state index contributed by atoms with van der Waals surface area (Å²) in [6.07, 6.45) is -0.773. The molecule has 1 atom stereocenters. The average molecular weight is 366 g/mol. The summed E-state index contributed by atoms with van der Waals surface area (Å²) in [5, 5.41) is 3.54. The summed E-state index contributed by atoms with van der Waals surface area (Å²) in [4.78, 5) is 28.8. The number of H-pyrrole nitrogens is 2. The van der Waals surface area contributed by atoms with E-state index in [1.807, 2.05) is 0 Å². The number of nitrogens with one attached hydrogen (secondary N) is 3. The molecule has 1 heterocycles. The van der Waals surface area contributed by atoms with Crippen molar-refractivity contribution >= 4 is 45.8 Å². The van der Waals surface area contributed by atoms with Gasteiger partial charge in [-0.05, 0) is 43.3 Å². The number of benzene rings is 2. The van der Waals surface area contributed by atoms with E-state index in [4.69, 9.17) is 27.9 Å². The van der Waals surface area contributed by atoms with Crippen LogP contribution in [0.3, 0.4) is 0 Å². The minimum atomic E-state index is -0.773. The molecule has 0 saturated carbocycles. The monoisotopic (exact) mass is 365 g/mol. The predicted octanol–water partition coefficient (Wildman–Crippen LogP) is 3.57. The molecule has 0 aliphatic rings. The van der Waals surface area contributed by atoms with Crippen LogP contribution in [0.15, 0.2) is 41.2 Å². The number of hydrogen-bond donors (Lipinski definition) is 3. The molecular formula is C16H13Cl2N3O3. The second-order valence-electron chi connectivity index (χ2n) is 5.16. The van der Waals surface area contributed by atoms with Gasteiger partial charge >= 0.3 is 5.69 Å². The third-order valence-corrected chi connectivity index (χ3v) is 3.88. The first-order valence-corrected chi connectivity index (χ1v) is 7.82. The molecule has 0 aliphatic heterocycles. The van der Waals surface area contributed by atoms with Crippen molar-refractivity contribution in [1.82, 2.24) is 9.97 Å². The number of anilines is 1. The van der Waals surface area contributed by atoms with Crippen molar-refractivity contribution in [3.63, 3.8) is 0 Å². The molecule has 0 fully saturated rings. The third kappa shape index (κ3) is 3.55. The number of ether oxygens (including phenoxy) is 1. The zero-order chi connectivity index (χ0) is 17.3. The summed E-state index contributed by atoms with van der Waals surface area (Å²) in [5.74, 6) is 0.0207. The average Bonchev–Trinajstić information content (AvgIpc) is 2.89. The first-order valence-electron chi connectivity index (χ1n) is 7.07. The maximum atomic E-state index is 12.3. The van der Waals surface area contributed by atoms with E-state index < -0.39 is 6.10 Å². The van der Waals surface area contributed by atoms with Gasteiger partial charge in [-0.3, -0.25) is 4.79 Å². The van der Waals surface area contributed by atoms with E-state index in [0.717, 1.165) is 0 Å². The van der Waals surface area contributed by atoms with Gasteiger partial charge < -0.3 is 20.0 Å². The van der Waals surface area contributed by atoms with Gasteiger partial charge in [-0.25, -0.2) is 4.79 Å². The van der Waals surface area contributed by atoms with Crippen LogP contribution in [0, 0.1) is 0 Å².